The number of aromatic hydroxyl groups is 1. The molecule has 1 aromatic carbocycles. The van der Waals surface area contributed by atoms with Crippen LogP contribution < -0.4 is 0 Å². The van der Waals surface area contributed by atoms with Crippen molar-refractivity contribution in [3.8, 4) is 5.75 Å². The van der Waals surface area contributed by atoms with E-state index in [9.17, 15) is 29.7 Å². The Morgan fingerprint density at radius 3 is 2.38 bits per heavy atom. The predicted molar refractivity (Wildman–Crippen MR) is 142 cm³/mol. The Labute approximate surface area is 219 Å². The first-order valence-corrected chi connectivity index (χ1v) is 13.5. The van der Waals surface area contributed by atoms with Crippen LogP contribution in [0.1, 0.15) is 101 Å². The van der Waals surface area contributed by atoms with Crippen molar-refractivity contribution >= 4 is 17.3 Å². The fraction of sp³-hybridized carbons (Fsp3) is 0.581. The number of allylic oxidation sites excluding steroid dienone is 2. The van der Waals surface area contributed by atoms with Crippen LogP contribution in [0.3, 0.4) is 0 Å². The molecule has 3 atom stereocenters. The number of hydrogen-bond acceptors (Lipinski definition) is 6. The Balaban J connectivity index is 1.83. The molecule has 4 rings (SSSR count). The third-order valence-electron chi connectivity index (χ3n) is 8.59. The molecule has 0 saturated carbocycles. The van der Waals surface area contributed by atoms with E-state index in [0.717, 1.165) is 42.4 Å². The summed E-state index contributed by atoms with van der Waals surface area (Å²) in [7, 11) is 0. The number of benzene rings is 1. The first kappa shape index (κ1) is 27.3. The van der Waals surface area contributed by atoms with Crippen molar-refractivity contribution in [3.05, 3.63) is 50.8 Å². The van der Waals surface area contributed by atoms with Crippen LogP contribution in [0, 0.1) is 17.3 Å². The van der Waals surface area contributed by atoms with E-state index >= 15 is 0 Å². The average Bonchev–Trinajstić information content (AvgIpc) is 2.78. The molecule has 37 heavy (non-hydrogen) atoms. The second-order valence-corrected chi connectivity index (χ2v) is 12.4. The Kier molecular flexibility index (Phi) is 7.04. The summed E-state index contributed by atoms with van der Waals surface area (Å²) in [4.78, 5) is 39.5. The van der Waals surface area contributed by atoms with Crippen LogP contribution in [-0.4, -0.2) is 38.3 Å². The lowest BCUT2D eigenvalue weighted by Gasteiger charge is -2.47. The fourth-order valence-electron chi connectivity index (χ4n) is 6.78. The van der Waals surface area contributed by atoms with E-state index in [2.05, 4.69) is 33.8 Å². The lowest BCUT2D eigenvalue weighted by Crippen LogP contribution is -2.56. The molecule has 0 aromatic heterocycles. The van der Waals surface area contributed by atoms with Crippen LogP contribution >= 0.6 is 0 Å². The molecule has 0 heterocycles. The summed E-state index contributed by atoms with van der Waals surface area (Å²) in [6.07, 6.45) is 5.13. The molecule has 3 N–H and O–H groups in total. The molecule has 6 nitrogen and oxygen atoms in total. The van der Waals surface area contributed by atoms with Crippen LogP contribution in [0.15, 0.2) is 28.5 Å². The number of rotatable bonds is 6. The van der Waals surface area contributed by atoms with E-state index in [0.29, 0.717) is 30.4 Å². The van der Waals surface area contributed by atoms with E-state index in [1.54, 1.807) is 6.92 Å². The number of carbonyl (C=O) groups is 3. The molecular weight excluding hydrogens is 468 g/mol. The molecule has 3 aliphatic carbocycles. The Morgan fingerprint density at radius 1 is 1.11 bits per heavy atom. The average molecular weight is 509 g/mol. The molecule has 6 heteroatoms. The summed E-state index contributed by atoms with van der Waals surface area (Å²) in [5, 5.41) is 33.5. The quantitative estimate of drug-likeness (QED) is 0.437. The summed E-state index contributed by atoms with van der Waals surface area (Å²) in [6, 6.07) is 2.06. The van der Waals surface area contributed by atoms with Crippen molar-refractivity contribution < 1.29 is 29.7 Å². The lowest BCUT2D eigenvalue weighted by atomic mass is 9.57. The number of fused-ring (bicyclic) bond motifs is 3. The lowest BCUT2D eigenvalue weighted by molar-refractivity contribution is -0.140. The number of phenols is 1. The van der Waals surface area contributed by atoms with Gasteiger partial charge in [-0.1, -0.05) is 40.2 Å². The monoisotopic (exact) mass is 508 g/mol. The fourth-order valence-corrected chi connectivity index (χ4v) is 6.78. The minimum atomic E-state index is -2.02. The minimum absolute atomic E-state index is 0.0126. The Bertz CT molecular complexity index is 1240. The van der Waals surface area contributed by atoms with Crippen molar-refractivity contribution in [1.29, 1.82) is 0 Å². The van der Waals surface area contributed by atoms with Crippen molar-refractivity contribution in [2.75, 3.05) is 0 Å². The summed E-state index contributed by atoms with van der Waals surface area (Å²) < 4.78 is 0. The maximum absolute atomic E-state index is 14.1. The highest BCUT2D eigenvalue weighted by atomic mass is 16.3. The zero-order valence-corrected chi connectivity index (χ0v) is 23.0. The zero-order chi connectivity index (χ0) is 27.4. The number of Topliss-reactive ketones (excluding diaryl/α,β-unsaturated/α-hetero) is 3. The van der Waals surface area contributed by atoms with Gasteiger partial charge in [-0.15, -0.1) is 0 Å². The van der Waals surface area contributed by atoms with Gasteiger partial charge in [0.15, 0.2) is 17.2 Å². The van der Waals surface area contributed by atoms with Gasteiger partial charge in [0.25, 0.3) is 0 Å². The van der Waals surface area contributed by atoms with Gasteiger partial charge in [0, 0.05) is 17.9 Å². The molecular formula is C31H40O6. The molecule has 0 bridgehead atoms. The molecule has 3 aliphatic rings. The largest absolute Gasteiger partial charge is 0.511 e. The van der Waals surface area contributed by atoms with Crippen molar-refractivity contribution in [3.63, 3.8) is 0 Å². The van der Waals surface area contributed by atoms with Crippen molar-refractivity contribution in [2.24, 2.45) is 17.3 Å². The molecule has 0 fully saturated rings. The van der Waals surface area contributed by atoms with Crippen molar-refractivity contribution in [2.45, 2.75) is 98.5 Å². The highest BCUT2D eigenvalue weighted by Gasteiger charge is 2.57. The normalized spacial score (nSPS) is 25.7. The minimum Gasteiger partial charge on any atom is -0.511 e. The summed E-state index contributed by atoms with van der Waals surface area (Å²) >= 11 is 0. The molecule has 0 saturated heterocycles. The third kappa shape index (κ3) is 4.47. The summed E-state index contributed by atoms with van der Waals surface area (Å²) in [5.41, 5.74) is 1.40. The summed E-state index contributed by atoms with van der Waals surface area (Å²) in [6.45, 7) is 11.4. The highest BCUT2D eigenvalue weighted by Crippen LogP contribution is 2.52. The van der Waals surface area contributed by atoms with Gasteiger partial charge in [0.2, 0.25) is 5.78 Å². The number of aliphatic hydroxyl groups excluding tert-OH is 1. The standard InChI is InChI=1S/C31H40O6/c1-7-9-18-12-19(10-8-11-30(4,5)6)27(34)26-22(18)14-20-13-21-15-23(33)25(17(3)32)29(36)31(21,37)16(2)24(20)28(26)35/h12,20-21,33-34,37H,7-11,13-15H2,1-6H3/t20-,21+,31-/m1/s1. The van der Waals surface area contributed by atoms with E-state index in [1.165, 1.54) is 6.92 Å². The van der Waals surface area contributed by atoms with Gasteiger partial charge < -0.3 is 15.3 Å². The van der Waals surface area contributed by atoms with Gasteiger partial charge >= 0.3 is 0 Å². The number of aliphatic hydroxyl groups is 2. The van der Waals surface area contributed by atoms with Gasteiger partial charge in [-0.05, 0) is 86.0 Å². The highest BCUT2D eigenvalue weighted by molar-refractivity contribution is 6.25. The van der Waals surface area contributed by atoms with Crippen LogP contribution in [0.2, 0.25) is 0 Å². The van der Waals surface area contributed by atoms with Crippen LogP contribution in [-0.2, 0) is 28.9 Å². The molecule has 0 radical (unpaired) electrons. The smallest absolute Gasteiger partial charge is 0.205 e. The van der Waals surface area contributed by atoms with Crippen LogP contribution in [0.25, 0.3) is 0 Å². The summed E-state index contributed by atoms with van der Waals surface area (Å²) in [5.74, 6) is -2.88. The number of hydrogen-bond donors (Lipinski definition) is 3. The topological polar surface area (TPSA) is 112 Å². The van der Waals surface area contributed by atoms with Gasteiger partial charge in [-0.3, -0.25) is 14.4 Å². The van der Waals surface area contributed by atoms with Crippen molar-refractivity contribution in [1.82, 2.24) is 0 Å². The number of carbonyl (C=O) groups excluding carboxylic acids is 3. The molecule has 0 spiro atoms. The zero-order valence-electron chi connectivity index (χ0n) is 23.0. The molecule has 1 aromatic rings. The first-order valence-electron chi connectivity index (χ1n) is 13.5. The van der Waals surface area contributed by atoms with Gasteiger partial charge in [-0.25, -0.2) is 0 Å². The predicted octanol–water partition coefficient (Wildman–Crippen LogP) is 5.51. The molecule has 200 valence electrons. The Morgan fingerprint density at radius 2 is 1.78 bits per heavy atom. The third-order valence-corrected chi connectivity index (χ3v) is 8.59. The Hall–Kier alpha value is -2.73. The van der Waals surface area contributed by atoms with E-state index in [1.807, 2.05) is 0 Å². The second kappa shape index (κ2) is 9.54. The van der Waals surface area contributed by atoms with Crippen LogP contribution in [0.5, 0.6) is 5.75 Å². The maximum atomic E-state index is 14.1. The molecule has 0 amide bonds. The number of phenolic OH excluding ortho intramolecular Hbond substituents is 1. The van der Waals surface area contributed by atoms with Gasteiger partial charge in [0.1, 0.15) is 17.1 Å². The van der Waals surface area contributed by atoms with E-state index in [-0.39, 0.29) is 46.2 Å². The van der Waals surface area contributed by atoms with Crippen LogP contribution in [0.4, 0.5) is 0 Å². The van der Waals surface area contributed by atoms with Gasteiger partial charge in [-0.2, -0.15) is 0 Å². The maximum Gasteiger partial charge on any atom is 0.205 e. The van der Waals surface area contributed by atoms with E-state index in [4.69, 9.17) is 0 Å². The van der Waals surface area contributed by atoms with Gasteiger partial charge in [0.05, 0.1) is 5.56 Å². The first-order chi connectivity index (χ1) is 17.2. The molecule has 0 aliphatic heterocycles. The number of aryl methyl sites for hydroxylation is 2. The molecule has 0 unspecified atom stereocenters. The number of ketones is 3. The second-order valence-electron chi connectivity index (χ2n) is 12.4. The SMILES string of the molecule is CCCc1cc(CCCC(C)(C)C)c(O)c2c1C[C@H]1C[C@H]3CC(O)=C(C(C)=O)C(=O)[C@@]3(O)C(C)=C1C2=O. The van der Waals surface area contributed by atoms with E-state index < -0.39 is 23.1 Å².